The molecule has 4 heteroatoms. The first kappa shape index (κ1) is 12.0. The summed E-state index contributed by atoms with van der Waals surface area (Å²) in [5.74, 6) is -0.737. The van der Waals surface area contributed by atoms with Crippen LogP contribution in [0.1, 0.15) is 30.1 Å². The van der Waals surface area contributed by atoms with Crippen LogP contribution < -0.4 is 5.73 Å². The van der Waals surface area contributed by atoms with Crippen molar-refractivity contribution in [3.63, 3.8) is 0 Å². The van der Waals surface area contributed by atoms with Gasteiger partial charge in [-0.2, -0.15) is 0 Å². The lowest BCUT2D eigenvalue weighted by molar-refractivity contribution is 0.0689. The summed E-state index contributed by atoms with van der Waals surface area (Å²) < 4.78 is 18.8. The van der Waals surface area contributed by atoms with Gasteiger partial charge in [0.05, 0.1) is 17.7 Å². The van der Waals surface area contributed by atoms with Crippen molar-refractivity contribution in [3.8, 4) is 0 Å². The second-order valence-electron chi connectivity index (χ2n) is 4.31. The second-order valence-corrected chi connectivity index (χ2v) is 4.31. The highest BCUT2D eigenvalue weighted by molar-refractivity contribution is 5.98. The Morgan fingerprint density at radius 1 is 1.59 bits per heavy atom. The van der Waals surface area contributed by atoms with Crippen LogP contribution in [0.5, 0.6) is 0 Å². The maximum atomic E-state index is 13.3. The molecular weight excluding hydrogens is 221 g/mol. The van der Waals surface area contributed by atoms with Crippen LogP contribution in [-0.4, -0.2) is 18.5 Å². The van der Waals surface area contributed by atoms with Crippen molar-refractivity contribution < 1.29 is 13.9 Å². The Hall–Kier alpha value is -1.42. The minimum atomic E-state index is -0.539. The Bertz CT molecular complexity index is 433. The van der Waals surface area contributed by atoms with Crippen LogP contribution in [0, 0.1) is 11.7 Å². The Morgan fingerprint density at radius 3 is 3.00 bits per heavy atom. The van der Waals surface area contributed by atoms with Crippen LogP contribution >= 0.6 is 0 Å². The van der Waals surface area contributed by atoms with Crippen molar-refractivity contribution in [1.82, 2.24) is 0 Å². The topological polar surface area (TPSA) is 52.3 Å². The van der Waals surface area contributed by atoms with Crippen molar-refractivity contribution in [2.24, 2.45) is 5.92 Å². The predicted molar refractivity (Wildman–Crippen MR) is 63.3 cm³/mol. The van der Waals surface area contributed by atoms with Gasteiger partial charge in [0.25, 0.3) is 0 Å². The minimum absolute atomic E-state index is 0.0388. The molecule has 92 valence electrons. The molecule has 1 aromatic rings. The normalized spacial score (nSPS) is 23.9. The summed E-state index contributed by atoms with van der Waals surface area (Å²) in [6, 6.07) is 4.22. The van der Waals surface area contributed by atoms with E-state index in [4.69, 9.17) is 10.5 Å². The number of ketones is 1. The highest BCUT2D eigenvalue weighted by Gasteiger charge is 2.33. The van der Waals surface area contributed by atoms with Gasteiger partial charge in [-0.15, -0.1) is 0 Å². The molecule has 1 saturated heterocycles. The highest BCUT2D eigenvalue weighted by Crippen LogP contribution is 2.27. The summed E-state index contributed by atoms with van der Waals surface area (Å²) in [7, 11) is 0. The van der Waals surface area contributed by atoms with Crippen LogP contribution in [0.25, 0.3) is 0 Å². The Morgan fingerprint density at radius 2 is 2.35 bits per heavy atom. The maximum absolute atomic E-state index is 13.3. The first-order valence-electron chi connectivity index (χ1n) is 5.84. The van der Waals surface area contributed by atoms with Gasteiger partial charge in [-0.25, -0.2) is 4.39 Å². The molecule has 2 rings (SSSR count). The number of hydrogen-bond donors (Lipinski definition) is 1. The van der Waals surface area contributed by atoms with E-state index in [0.29, 0.717) is 18.6 Å². The fourth-order valence-corrected chi connectivity index (χ4v) is 2.25. The van der Waals surface area contributed by atoms with E-state index in [1.165, 1.54) is 12.1 Å². The monoisotopic (exact) mass is 237 g/mol. The van der Waals surface area contributed by atoms with E-state index in [2.05, 4.69) is 0 Å². The molecule has 0 radical (unpaired) electrons. The Kier molecular flexibility index (Phi) is 3.43. The van der Waals surface area contributed by atoms with Gasteiger partial charge in [0.2, 0.25) is 0 Å². The van der Waals surface area contributed by atoms with Gasteiger partial charge in [0, 0.05) is 12.2 Å². The number of hydrogen-bond acceptors (Lipinski definition) is 3. The summed E-state index contributed by atoms with van der Waals surface area (Å²) in [5.41, 5.74) is 5.83. The van der Waals surface area contributed by atoms with Gasteiger partial charge < -0.3 is 10.5 Å². The van der Waals surface area contributed by atoms with Gasteiger partial charge >= 0.3 is 0 Å². The average molecular weight is 237 g/mol. The summed E-state index contributed by atoms with van der Waals surface area (Å²) in [5, 5.41) is 0. The molecule has 1 aliphatic rings. The maximum Gasteiger partial charge on any atom is 0.168 e. The molecule has 1 aliphatic heterocycles. The third kappa shape index (κ3) is 2.31. The first-order valence-corrected chi connectivity index (χ1v) is 5.84. The molecule has 0 bridgehead atoms. The number of benzene rings is 1. The third-order valence-electron chi connectivity index (χ3n) is 3.23. The van der Waals surface area contributed by atoms with E-state index in [1.54, 1.807) is 6.07 Å². The van der Waals surface area contributed by atoms with Gasteiger partial charge in [0.15, 0.2) is 5.78 Å². The van der Waals surface area contributed by atoms with Crippen LogP contribution in [0.3, 0.4) is 0 Å². The molecule has 0 amide bonds. The largest absolute Gasteiger partial charge is 0.396 e. The zero-order valence-electron chi connectivity index (χ0n) is 9.78. The number of anilines is 1. The fraction of sp³-hybridized carbons (Fsp3) is 0.462. The number of rotatable bonds is 3. The summed E-state index contributed by atoms with van der Waals surface area (Å²) >= 11 is 0. The Balaban J connectivity index is 2.21. The lowest BCUT2D eigenvalue weighted by atomic mass is 9.90. The van der Waals surface area contributed by atoms with Crippen LogP contribution in [0.2, 0.25) is 0 Å². The minimum Gasteiger partial charge on any atom is -0.396 e. The van der Waals surface area contributed by atoms with Crippen LogP contribution in [0.15, 0.2) is 18.2 Å². The second kappa shape index (κ2) is 4.84. The molecule has 1 aromatic carbocycles. The van der Waals surface area contributed by atoms with E-state index in [0.717, 1.165) is 6.42 Å². The number of nitrogens with two attached hydrogens (primary N) is 1. The van der Waals surface area contributed by atoms with E-state index in [1.807, 2.05) is 6.92 Å². The van der Waals surface area contributed by atoms with Crippen molar-refractivity contribution >= 4 is 11.5 Å². The van der Waals surface area contributed by atoms with E-state index >= 15 is 0 Å². The fourth-order valence-electron chi connectivity index (χ4n) is 2.25. The van der Waals surface area contributed by atoms with E-state index in [-0.39, 0.29) is 23.5 Å². The summed E-state index contributed by atoms with van der Waals surface area (Å²) in [4.78, 5) is 12.2. The van der Waals surface area contributed by atoms with Crippen molar-refractivity contribution in [1.29, 1.82) is 0 Å². The quantitative estimate of drug-likeness (QED) is 0.648. The number of halogens is 1. The third-order valence-corrected chi connectivity index (χ3v) is 3.23. The molecule has 17 heavy (non-hydrogen) atoms. The van der Waals surface area contributed by atoms with Gasteiger partial charge in [-0.1, -0.05) is 6.92 Å². The zero-order valence-corrected chi connectivity index (χ0v) is 9.78. The van der Waals surface area contributed by atoms with Gasteiger partial charge in [0.1, 0.15) is 5.82 Å². The number of Topliss-reactive ketones (excluding diaryl/α,β-unsaturated/α-hetero) is 1. The van der Waals surface area contributed by atoms with Crippen molar-refractivity contribution in [2.75, 3.05) is 12.3 Å². The zero-order chi connectivity index (χ0) is 12.4. The lowest BCUT2D eigenvalue weighted by Gasteiger charge is -2.15. The smallest absolute Gasteiger partial charge is 0.168 e. The van der Waals surface area contributed by atoms with E-state index in [9.17, 15) is 9.18 Å². The molecule has 1 fully saturated rings. The molecule has 2 unspecified atom stereocenters. The van der Waals surface area contributed by atoms with Crippen molar-refractivity contribution in [2.45, 2.75) is 25.9 Å². The predicted octanol–water partition coefficient (Wildman–Crippen LogP) is 2.41. The van der Waals surface area contributed by atoms with Gasteiger partial charge in [-0.3, -0.25) is 4.79 Å². The molecule has 0 spiro atoms. The molecule has 0 aliphatic carbocycles. The summed E-state index contributed by atoms with van der Waals surface area (Å²) in [6.45, 7) is 2.59. The summed E-state index contributed by atoms with van der Waals surface area (Å²) in [6.07, 6.45) is 1.47. The first-order chi connectivity index (χ1) is 8.13. The number of nitrogen functional groups attached to an aromatic ring is 1. The van der Waals surface area contributed by atoms with E-state index < -0.39 is 5.82 Å². The molecule has 1 heterocycles. The molecule has 0 aromatic heterocycles. The van der Waals surface area contributed by atoms with Crippen molar-refractivity contribution in [3.05, 3.63) is 29.6 Å². The lowest BCUT2D eigenvalue weighted by Crippen LogP contribution is -2.23. The molecule has 2 N–H and O–H groups in total. The molecule has 0 saturated carbocycles. The standard InChI is InChI=1S/C13H16FNO2/c1-2-12-9(5-6-17-12)13(16)8-3-4-11(15)10(14)7-8/h3-4,7,9,12H,2,5-6,15H2,1H3. The average Bonchev–Trinajstić information content (AvgIpc) is 2.80. The number of carbonyl (C=O) groups excluding carboxylic acids is 1. The molecular formula is C13H16FNO2. The van der Waals surface area contributed by atoms with Crippen LogP contribution in [0.4, 0.5) is 10.1 Å². The molecule has 3 nitrogen and oxygen atoms in total. The van der Waals surface area contributed by atoms with Gasteiger partial charge in [-0.05, 0) is 31.0 Å². The van der Waals surface area contributed by atoms with Crippen LogP contribution in [-0.2, 0) is 4.74 Å². The Labute approximate surface area is 99.8 Å². The number of carbonyl (C=O) groups is 1. The SMILES string of the molecule is CCC1OCCC1C(=O)c1ccc(N)c(F)c1. The molecule has 2 atom stereocenters. The highest BCUT2D eigenvalue weighted by atomic mass is 19.1. The number of ether oxygens (including phenoxy) is 1.